The van der Waals surface area contributed by atoms with Crippen molar-refractivity contribution < 1.29 is 9.90 Å². The number of benzene rings is 2. The normalized spacial score (nSPS) is 16.4. The fraction of sp³-hybridized carbons (Fsp3) is 0.0952. The highest BCUT2D eigenvalue weighted by Gasteiger charge is 2.35. The molecule has 0 radical (unpaired) electrons. The Kier molecular flexibility index (Phi) is 4.19. The molecule has 2 aromatic carbocycles. The SMILES string of the molecule is O=C(c1ccccn1)N1N=C(c2ccccc2)CC1c1ccccc1O. The first-order valence-corrected chi connectivity index (χ1v) is 8.39. The van der Waals surface area contributed by atoms with E-state index in [1.54, 1.807) is 36.5 Å². The molecule has 0 bridgehead atoms. The Balaban J connectivity index is 1.76. The van der Waals surface area contributed by atoms with Gasteiger partial charge in [-0.05, 0) is 23.8 Å². The summed E-state index contributed by atoms with van der Waals surface area (Å²) in [7, 11) is 0. The largest absolute Gasteiger partial charge is 0.508 e. The molecule has 1 aliphatic rings. The van der Waals surface area contributed by atoms with E-state index in [4.69, 9.17) is 0 Å². The van der Waals surface area contributed by atoms with Gasteiger partial charge in [-0.2, -0.15) is 5.10 Å². The maximum Gasteiger partial charge on any atom is 0.293 e. The molecule has 1 amide bonds. The molecule has 0 aliphatic carbocycles. The molecular weight excluding hydrogens is 326 g/mol. The third-order valence-corrected chi connectivity index (χ3v) is 4.41. The van der Waals surface area contributed by atoms with E-state index < -0.39 is 0 Å². The number of hydrazone groups is 1. The van der Waals surface area contributed by atoms with Gasteiger partial charge in [-0.25, -0.2) is 5.01 Å². The van der Waals surface area contributed by atoms with Crippen molar-refractivity contribution in [1.82, 2.24) is 9.99 Å². The topological polar surface area (TPSA) is 65.8 Å². The van der Waals surface area contributed by atoms with Crippen LogP contribution in [0.4, 0.5) is 0 Å². The van der Waals surface area contributed by atoms with Crippen molar-refractivity contribution in [2.24, 2.45) is 5.10 Å². The average molecular weight is 343 g/mol. The van der Waals surface area contributed by atoms with Gasteiger partial charge in [0, 0.05) is 18.2 Å². The summed E-state index contributed by atoms with van der Waals surface area (Å²) < 4.78 is 0. The molecule has 0 saturated carbocycles. The summed E-state index contributed by atoms with van der Waals surface area (Å²) in [5.74, 6) is -0.134. The van der Waals surface area contributed by atoms with Crippen molar-refractivity contribution in [2.75, 3.05) is 0 Å². The predicted octanol–water partition coefficient (Wildman–Crippen LogP) is 3.78. The number of phenols is 1. The number of hydrogen-bond donors (Lipinski definition) is 1. The standard InChI is InChI=1S/C21H17N3O2/c25-20-12-5-4-10-16(20)19-14-18(15-8-2-1-3-9-15)23-24(19)21(26)17-11-6-7-13-22-17/h1-13,19,25H,14H2. The predicted molar refractivity (Wildman–Crippen MR) is 98.9 cm³/mol. The summed E-state index contributed by atoms with van der Waals surface area (Å²) in [6.45, 7) is 0. The monoisotopic (exact) mass is 343 g/mol. The lowest BCUT2D eigenvalue weighted by Crippen LogP contribution is -2.27. The van der Waals surface area contributed by atoms with Gasteiger partial charge in [-0.3, -0.25) is 9.78 Å². The van der Waals surface area contributed by atoms with E-state index in [2.05, 4.69) is 10.1 Å². The van der Waals surface area contributed by atoms with E-state index in [1.165, 1.54) is 5.01 Å². The molecule has 128 valence electrons. The number of nitrogens with zero attached hydrogens (tertiary/aromatic N) is 3. The van der Waals surface area contributed by atoms with Crippen LogP contribution >= 0.6 is 0 Å². The molecule has 1 aliphatic heterocycles. The molecule has 4 rings (SSSR count). The molecule has 1 unspecified atom stereocenters. The van der Waals surface area contributed by atoms with Gasteiger partial charge in [0.1, 0.15) is 11.4 Å². The zero-order valence-corrected chi connectivity index (χ0v) is 14.0. The van der Waals surface area contributed by atoms with Crippen LogP contribution in [-0.2, 0) is 0 Å². The number of para-hydroxylation sites is 1. The number of rotatable bonds is 3. The first-order valence-electron chi connectivity index (χ1n) is 8.39. The summed E-state index contributed by atoms with van der Waals surface area (Å²) in [4.78, 5) is 17.1. The van der Waals surface area contributed by atoms with Crippen LogP contribution in [-0.4, -0.2) is 26.7 Å². The highest BCUT2D eigenvalue weighted by atomic mass is 16.3. The van der Waals surface area contributed by atoms with Gasteiger partial charge in [-0.15, -0.1) is 0 Å². The molecule has 2 heterocycles. The number of aromatic hydroxyl groups is 1. The second-order valence-corrected chi connectivity index (χ2v) is 6.06. The summed E-state index contributed by atoms with van der Waals surface area (Å²) in [6.07, 6.45) is 2.11. The van der Waals surface area contributed by atoms with Crippen LogP contribution in [0.15, 0.2) is 84.1 Å². The molecule has 1 atom stereocenters. The van der Waals surface area contributed by atoms with Crippen LogP contribution in [0, 0.1) is 0 Å². The Labute approximate surface area is 151 Å². The third kappa shape index (κ3) is 2.95. The highest BCUT2D eigenvalue weighted by Crippen LogP contribution is 2.37. The number of phenolic OH excluding ortho intramolecular Hbond substituents is 1. The molecule has 0 spiro atoms. The fourth-order valence-electron chi connectivity index (χ4n) is 3.12. The lowest BCUT2D eigenvalue weighted by molar-refractivity contribution is 0.0703. The molecule has 0 fully saturated rings. The Morgan fingerprint density at radius 1 is 0.962 bits per heavy atom. The number of aromatic nitrogens is 1. The van der Waals surface area contributed by atoms with Crippen molar-refractivity contribution in [3.8, 4) is 5.75 Å². The minimum Gasteiger partial charge on any atom is -0.508 e. The molecule has 26 heavy (non-hydrogen) atoms. The van der Waals surface area contributed by atoms with Crippen LogP contribution in [0.25, 0.3) is 0 Å². The van der Waals surface area contributed by atoms with Crippen LogP contribution in [0.2, 0.25) is 0 Å². The zero-order valence-electron chi connectivity index (χ0n) is 14.0. The molecule has 5 heteroatoms. The Morgan fingerprint density at radius 2 is 1.69 bits per heavy atom. The van der Waals surface area contributed by atoms with Gasteiger partial charge in [0.2, 0.25) is 0 Å². The zero-order chi connectivity index (χ0) is 17.9. The minimum absolute atomic E-state index is 0.154. The summed E-state index contributed by atoms with van der Waals surface area (Å²) in [6, 6.07) is 21.6. The molecule has 5 nitrogen and oxygen atoms in total. The van der Waals surface area contributed by atoms with Crippen molar-refractivity contribution in [3.63, 3.8) is 0 Å². The maximum atomic E-state index is 13.0. The second-order valence-electron chi connectivity index (χ2n) is 6.06. The van der Waals surface area contributed by atoms with Crippen LogP contribution < -0.4 is 0 Å². The van der Waals surface area contributed by atoms with Crippen molar-refractivity contribution >= 4 is 11.6 Å². The minimum atomic E-state index is -0.374. The first kappa shape index (κ1) is 16.0. The first-order chi connectivity index (χ1) is 12.7. The van der Waals surface area contributed by atoms with E-state index in [9.17, 15) is 9.90 Å². The molecule has 0 saturated heterocycles. The molecule has 1 aromatic heterocycles. The Bertz CT molecular complexity index is 955. The lowest BCUT2D eigenvalue weighted by Gasteiger charge is -2.22. The number of amides is 1. The summed E-state index contributed by atoms with van der Waals surface area (Å²) in [5.41, 5.74) is 2.77. The fourth-order valence-corrected chi connectivity index (χ4v) is 3.12. The Morgan fingerprint density at radius 3 is 2.42 bits per heavy atom. The smallest absolute Gasteiger partial charge is 0.293 e. The molecule has 1 N–H and O–H groups in total. The second kappa shape index (κ2) is 6.80. The molecule has 3 aromatic rings. The number of pyridine rings is 1. The summed E-state index contributed by atoms with van der Waals surface area (Å²) >= 11 is 0. The van der Waals surface area contributed by atoms with Crippen molar-refractivity contribution in [3.05, 3.63) is 95.8 Å². The van der Waals surface area contributed by atoms with E-state index in [1.807, 2.05) is 42.5 Å². The maximum absolute atomic E-state index is 13.0. The van der Waals surface area contributed by atoms with Gasteiger partial charge >= 0.3 is 0 Å². The van der Waals surface area contributed by atoms with Gasteiger partial charge in [0.05, 0.1) is 11.8 Å². The number of hydrogen-bond acceptors (Lipinski definition) is 4. The van der Waals surface area contributed by atoms with Crippen molar-refractivity contribution in [2.45, 2.75) is 12.5 Å². The quantitative estimate of drug-likeness (QED) is 0.787. The van der Waals surface area contributed by atoms with Crippen LogP contribution in [0.1, 0.15) is 34.1 Å². The van der Waals surface area contributed by atoms with Gasteiger partial charge in [-0.1, -0.05) is 54.6 Å². The van der Waals surface area contributed by atoms with Crippen molar-refractivity contribution in [1.29, 1.82) is 0 Å². The number of carbonyl (C=O) groups is 1. The average Bonchev–Trinajstić information content (AvgIpc) is 3.14. The van der Waals surface area contributed by atoms with E-state index in [0.29, 0.717) is 17.7 Å². The van der Waals surface area contributed by atoms with Gasteiger partial charge < -0.3 is 5.11 Å². The summed E-state index contributed by atoms with van der Waals surface area (Å²) in [5, 5.41) is 16.3. The van der Waals surface area contributed by atoms with E-state index in [0.717, 1.165) is 11.3 Å². The number of carbonyl (C=O) groups excluding carboxylic acids is 1. The highest BCUT2D eigenvalue weighted by molar-refractivity contribution is 6.04. The van der Waals surface area contributed by atoms with E-state index >= 15 is 0 Å². The van der Waals surface area contributed by atoms with Crippen LogP contribution in [0.5, 0.6) is 5.75 Å². The van der Waals surface area contributed by atoms with Crippen LogP contribution in [0.3, 0.4) is 0 Å². The van der Waals surface area contributed by atoms with Gasteiger partial charge in [0.25, 0.3) is 5.91 Å². The Hall–Kier alpha value is -3.47. The third-order valence-electron chi connectivity index (χ3n) is 4.41. The molecular formula is C21H17N3O2. The van der Waals surface area contributed by atoms with E-state index in [-0.39, 0.29) is 17.7 Å². The van der Waals surface area contributed by atoms with Gasteiger partial charge in [0.15, 0.2) is 0 Å². The lowest BCUT2D eigenvalue weighted by atomic mass is 9.97.